The van der Waals surface area contributed by atoms with Crippen molar-refractivity contribution in [1.82, 2.24) is 0 Å². The fourth-order valence-corrected chi connectivity index (χ4v) is 3.13. The number of ether oxygens (including phenoxy) is 1. The number of benzene rings is 3. The van der Waals surface area contributed by atoms with Crippen molar-refractivity contribution in [3.05, 3.63) is 87.4 Å². The molecule has 3 aromatic rings. The number of anilines is 2. The summed E-state index contributed by atoms with van der Waals surface area (Å²) in [6, 6.07) is 17.4. The topological polar surface area (TPSA) is 67.4 Å². The Kier molecular flexibility index (Phi) is 6.98. The zero-order valence-electron chi connectivity index (χ0n) is 16.5. The Labute approximate surface area is 185 Å². The standard InChI is InChI=1S/C23H20Cl2N2O3/c1-14-6-11-19(15(2)12-14)27-23(29)16-7-9-17(10-8-16)30-13-21(28)26-20-5-3-4-18(24)22(20)25/h3-12H,13H2,1-2H3,(H,26,28)(H,27,29). The highest BCUT2D eigenvalue weighted by atomic mass is 35.5. The van der Waals surface area contributed by atoms with Gasteiger partial charge in [0.2, 0.25) is 0 Å². The number of nitrogens with one attached hydrogen (secondary N) is 2. The van der Waals surface area contributed by atoms with E-state index < -0.39 is 0 Å². The molecule has 0 aliphatic carbocycles. The second-order valence-electron chi connectivity index (χ2n) is 6.74. The third-order valence-corrected chi connectivity index (χ3v) is 5.16. The molecule has 0 fully saturated rings. The van der Waals surface area contributed by atoms with Crippen LogP contribution in [0.1, 0.15) is 21.5 Å². The Hall–Kier alpha value is -3.02. The van der Waals surface area contributed by atoms with Gasteiger partial charge in [-0.2, -0.15) is 0 Å². The molecule has 0 radical (unpaired) electrons. The average molecular weight is 443 g/mol. The Morgan fingerprint density at radius 1 is 0.900 bits per heavy atom. The molecule has 3 aromatic carbocycles. The number of hydrogen-bond donors (Lipinski definition) is 2. The minimum absolute atomic E-state index is 0.211. The van der Waals surface area contributed by atoms with Crippen LogP contribution in [-0.2, 0) is 4.79 Å². The number of carbonyl (C=O) groups is 2. The Morgan fingerprint density at radius 2 is 1.63 bits per heavy atom. The van der Waals surface area contributed by atoms with Crippen LogP contribution in [0.25, 0.3) is 0 Å². The zero-order valence-corrected chi connectivity index (χ0v) is 18.0. The molecule has 0 bridgehead atoms. The lowest BCUT2D eigenvalue weighted by atomic mass is 10.1. The molecule has 0 unspecified atom stereocenters. The van der Waals surface area contributed by atoms with Crippen LogP contribution in [0.5, 0.6) is 5.75 Å². The first-order valence-electron chi connectivity index (χ1n) is 9.19. The predicted molar refractivity (Wildman–Crippen MR) is 121 cm³/mol. The Balaban J connectivity index is 1.55. The third-order valence-electron chi connectivity index (χ3n) is 4.34. The largest absolute Gasteiger partial charge is 0.484 e. The van der Waals surface area contributed by atoms with Crippen LogP contribution in [-0.4, -0.2) is 18.4 Å². The van der Waals surface area contributed by atoms with Gasteiger partial charge in [-0.1, -0.05) is 47.0 Å². The molecule has 0 aliphatic rings. The second-order valence-corrected chi connectivity index (χ2v) is 7.52. The Bertz CT molecular complexity index is 1080. The van der Waals surface area contributed by atoms with Gasteiger partial charge in [-0.05, 0) is 61.9 Å². The zero-order chi connectivity index (χ0) is 21.7. The highest BCUT2D eigenvalue weighted by Gasteiger charge is 2.11. The molecular formula is C23H20Cl2N2O3. The molecule has 0 atom stereocenters. The maximum Gasteiger partial charge on any atom is 0.262 e. The van der Waals surface area contributed by atoms with Gasteiger partial charge in [0, 0.05) is 11.3 Å². The fraction of sp³-hybridized carbons (Fsp3) is 0.130. The molecule has 30 heavy (non-hydrogen) atoms. The number of carbonyl (C=O) groups excluding carboxylic acids is 2. The molecule has 3 rings (SSSR count). The number of aryl methyl sites for hydroxylation is 2. The van der Waals surface area contributed by atoms with Crippen LogP contribution >= 0.6 is 23.2 Å². The number of halogens is 2. The maximum absolute atomic E-state index is 12.5. The van der Waals surface area contributed by atoms with Crippen LogP contribution in [0.2, 0.25) is 10.0 Å². The first-order chi connectivity index (χ1) is 14.3. The molecular weight excluding hydrogens is 423 g/mol. The minimum Gasteiger partial charge on any atom is -0.484 e. The van der Waals surface area contributed by atoms with E-state index in [0.29, 0.717) is 22.0 Å². The van der Waals surface area contributed by atoms with Gasteiger partial charge in [0.15, 0.2) is 6.61 Å². The molecule has 0 aromatic heterocycles. The smallest absolute Gasteiger partial charge is 0.262 e. The highest BCUT2D eigenvalue weighted by Crippen LogP contribution is 2.29. The van der Waals surface area contributed by atoms with Crippen molar-refractivity contribution >= 4 is 46.4 Å². The molecule has 5 nitrogen and oxygen atoms in total. The monoisotopic (exact) mass is 442 g/mol. The average Bonchev–Trinajstić information content (AvgIpc) is 2.72. The Morgan fingerprint density at radius 3 is 2.33 bits per heavy atom. The third kappa shape index (κ3) is 5.53. The van der Waals surface area contributed by atoms with Crippen LogP contribution in [0.3, 0.4) is 0 Å². The summed E-state index contributed by atoms with van der Waals surface area (Å²) in [6.07, 6.45) is 0. The van der Waals surface area contributed by atoms with Crippen molar-refractivity contribution in [2.24, 2.45) is 0 Å². The SMILES string of the molecule is Cc1ccc(NC(=O)c2ccc(OCC(=O)Nc3cccc(Cl)c3Cl)cc2)c(C)c1. The van der Waals surface area contributed by atoms with E-state index in [1.54, 1.807) is 42.5 Å². The van der Waals surface area contributed by atoms with Gasteiger partial charge in [-0.25, -0.2) is 0 Å². The lowest BCUT2D eigenvalue weighted by molar-refractivity contribution is -0.118. The van der Waals surface area contributed by atoms with Crippen molar-refractivity contribution in [2.45, 2.75) is 13.8 Å². The summed E-state index contributed by atoms with van der Waals surface area (Å²) in [5, 5.41) is 6.16. The van der Waals surface area contributed by atoms with Crippen LogP contribution in [0.15, 0.2) is 60.7 Å². The van der Waals surface area contributed by atoms with E-state index in [0.717, 1.165) is 16.8 Å². The molecule has 0 spiro atoms. The second kappa shape index (κ2) is 9.65. The van der Waals surface area contributed by atoms with Gasteiger partial charge in [-0.3, -0.25) is 9.59 Å². The summed E-state index contributed by atoms with van der Waals surface area (Å²) in [7, 11) is 0. The van der Waals surface area contributed by atoms with E-state index in [9.17, 15) is 9.59 Å². The van der Waals surface area contributed by atoms with Crippen LogP contribution < -0.4 is 15.4 Å². The van der Waals surface area contributed by atoms with Crippen LogP contribution in [0.4, 0.5) is 11.4 Å². The molecule has 0 saturated heterocycles. The summed E-state index contributed by atoms with van der Waals surface area (Å²) in [5.74, 6) is -0.136. The summed E-state index contributed by atoms with van der Waals surface area (Å²) in [5.41, 5.74) is 3.79. The van der Waals surface area contributed by atoms with Crippen molar-refractivity contribution in [3.63, 3.8) is 0 Å². The number of rotatable bonds is 6. The van der Waals surface area contributed by atoms with Gasteiger partial charge < -0.3 is 15.4 Å². The van der Waals surface area contributed by atoms with E-state index in [1.165, 1.54) is 0 Å². The first kappa shape index (κ1) is 21.7. The summed E-state index contributed by atoms with van der Waals surface area (Å²) in [6.45, 7) is 3.74. The van der Waals surface area contributed by atoms with Crippen molar-refractivity contribution < 1.29 is 14.3 Å². The van der Waals surface area contributed by atoms with Gasteiger partial charge in [0.1, 0.15) is 5.75 Å². The predicted octanol–water partition coefficient (Wildman–Crippen LogP) is 5.88. The van der Waals surface area contributed by atoms with Gasteiger partial charge in [-0.15, -0.1) is 0 Å². The molecule has 0 saturated carbocycles. The summed E-state index contributed by atoms with van der Waals surface area (Å²) < 4.78 is 5.48. The summed E-state index contributed by atoms with van der Waals surface area (Å²) in [4.78, 5) is 24.5. The molecule has 154 valence electrons. The van der Waals surface area contributed by atoms with Gasteiger partial charge in [0.05, 0.1) is 15.7 Å². The maximum atomic E-state index is 12.5. The van der Waals surface area contributed by atoms with E-state index in [-0.39, 0.29) is 23.4 Å². The quantitative estimate of drug-likeness (QED) is 0.500. The highest BCUT2D eigenvalue weighted by molar-refractivity contribution is 6.44. The normalized spacial score (nSPS) is 10.4. The van der Waals surface area contributed by atoms with E-state index in [1.807, 2.05) is 32.0 Å². The van der Waals surface area contributed by atoms with E-state index >= 15 is 0 Å². The van der Waals surface area contributed by atoms with Crippen molar-refractivity contribution in [2.75, 3.05) is 17.2 Å². The van der Waals surface area contributed by atoms with E-state index in [2.05, 4.69) is 10.6 Å². The summed E-state index contributed by atoms with van der Waals surface area (Å²) >= 11 is 12.0. The lowest BCUT2D eigenvalue weighted by Crippen LogP contribution is -2.20. The van der Waals surface area contributed by atoms with Gasteiger partial charge >= 0.3 is 0 Å². The molecule has 0 heterocycles. The molecule has 2 N–H and O–H groups in total. The molecule has 7 heteroatoms. The minimum atomic E-state index is -0.379. The first-order valence-corrected chi connectivity index (χ1v) is 9.94. The number of hydrogen-bond acceptors (Lipinski definition) is 3. The fourth-order valence-electron chi connectivity index (χ4n) is 2.79. The molecule has 0 aliphatic heterocycles. The van der Waals surface area contributed by atoms with Crippen molar-refractivity contribution in [1.29, 1.82) is 0 Å². The van der Waals surface area contributed by atoms with E-state index in [4.69, 9.17) is 27.9 Å². The van der Waals surface area contributed by atoms with Crippen LogP contribution in [0, 0.1) is 13.8 Å². The molecule has 2 amide bonds. The number of amides is 2. The lowest BCUT2D eigenvalue weighted by Gasteiger charge is -2.11. The van der Waals surface area contributed by atoms with Gasteiger partial charge in [0.25, 0.3) is 11.8 Å². The van der Waals surface area contributed by atoms with Crippen molar-refractivity contribution in [3.8, 4) is 5.75 Å².